The molecule has 20 heavy (non-hydrogen) atoms. The zero-order valence-corrected chi connectivity index (χ0v) is 11.8. The molecule has 0 aliphatic carbocycles. The van der Waals surface area contributed by atoms with Crippen molar-refractivity contribution in [3.05, 3.63) is 29.3 Å². The first kappa shape index (κ1) is 15.3. The van der Waals surface area contributed by atoms with E-state index in [1.807, 2.05) is 0 Å². The molecule has 1 aromatic carbocycles. The van der Waals surface area contributed by atoms with Crippen molar-refractivity contribution in [2.45, 2.75) is 35.6 Å². The van der Waals surface area contributed by atoms with Crippen LogP contribution in [0, 0.1) is 0 Å². The summed E-state index contributed by atoms with van der Waals surface area (Å²) in [4.78, 5) is -0.151. The number of rotatable bonds is 4. The van der Waals surface area contributed by atoms with Crippen LogP contribution < -0.4 is 5.32 Å². The van der Waals surface area contributed by atoms with Gasteiger partial charge in [0.15, 0.2) is 9.84 Å². The van der Waals surface area contributed by atoms with Crippen molar-refractivity contribution in [2.24, 2.45) is 0 Å². The minimum atomic E-state index is -4.52. The molecule has 0 radical (unpaired) electrons. The van der Waals surface area contributed by atoms with E-state index in [0.29, 0.717) is 31.4 Å². The highest BCUT2D eigenvalue weighted by atomic mass is 32.2. The molecule has 1 N–H and O–H groups in total. The number of hydrogen-bond donors (Lipinski definition) is 1. The predicted octanol–water partition coefficient (Wildman–Crippen LogP) is 2.40. The van der Waals surface area contributed by atoms with Gasteiger partial charge in [-0.3, -0.25) is 0 Å². The van der Waals surface area contributed by atoms with Gasteiger partial charge in [0.1, 0.15) is 0 Å². The summed E-state index contributed by atoms with van der Waals surface area (Å²) in [5.41, 5.74) is -0.414. The Bertz CT molecular complexity index is 596. The number of halogens is 3. The fourth-order valence-corrected chi connectivity index (χ4v) is 4.51. The smallest absolute Gasteiger partial charge is 0.320 e. The second-order valence-corrected chi connectivity index (χ2v) is 7.13. The third-order valence-electron chi connectivity index (χ3n) is 3.54. The van der Waals surface area contributed by atoms with Crippen molar-refractivity contribution >= 4 is 9.84 Å². The van der Waals surface area contributed by atoms with Crippen molar-refractivity contribution in [1.29, 1.82) is 0 Å². The Hall–Kier alpha value is -1.08. The lowest BCUT2D eigenvalue weighted by Gasteiger charge is -2.09. The molecule has 0 bridgehead atoms. The standard InChI is InChI=1S/C13H16F3NO2S/c1-17-6-2-3-11-7-9-4-5-10(13(14,15)16)8-12(9)20(11,18)19/h4-5,8,11,17H,2-3,6-7H2,1H3. The Labute approximate surface area is 116 Å². The molecule has 7 heteroatoms. The number of benzene rings is 1. The summed E-state index contributed by atoms with van der Waals surface area (Å²) in [6, 6.07) is 3.00. The molecule has 112 valence electrons. The van der Waals surface area contributed by atoms with Crippen molar-refractivity contribution in [3.63, 3.8) is 0 Å². The van der Waals surface area contributed by atoms with Crippen molar-refractivity contribution < 1.29 is 21.6 Å². The van der Waals surface area contributed by atoms with Gasteiger partial charge in [-0.1, -0.05) is 6.07 Å². The lowest BCUT2D eigenvalue weighted by atomic mass is 10.1. The van der Waals surface area contributed by atoms with E-state index in [4.69, 9.17) is 0 Å². The highest BCUT2D eigenvalue weighted by Crippen LogP contribution is 2.38. The van der Waals surface area contributed by atoms with E-state index in [1.165, 1.54) is 6.07 Å². The number of alkyl halides is 3. The van der Waals surface area contributed by atoms with Crippen molar-refractivity contribution in [1.82, 2.24) is 5.32 Å². The van der Waals surface area contributed by atoms with Gasteiger partial charge in [-0.2, -0.15) is 13.2 Å². The fraction of sp³-hybridized carbons (Fsp3) is 0.538. The summed E-state index contributed by atoms with van der Waals surface area (Å²) in [5.74, 6) is 0. The molecule has 0 saturated carbocycles. The van der Waals surface area contributed by atoms with Crippen LogP contribution in [0.4, 0.5) is 13.2 Å². The van der Waals surface area contributed by atoms with Crippen molar-refractivity contribution in [2.75, 3.05) is 13.6 Å². The van der Waals surface area contributed by atoms with E-state index in [9.17, 15) is 21.6 Å². The topological polar surface area (TPSA) is 46.2 Å². The van der Waals surface area contributed by atoms with Crippen LogP contribution >= 0.6 is 0 Å². The second-order valence-electron chi connectivity index (χ2n) is 4.94. The molecule has 0 amide bonds. The minimum absolute atomic E-state index is 0.151. The Morgan fingerprint density at radius 1 is 1.35 bits per heavy atom. The lowest BCUT2D eigenvalue weighted by molar-refractivity contribution is -0.137. The molecule has 1 aliphatic rings. The summed E-state index contributed by atoms with van der Waals surface area (Å²) in [5, 5.41) is 2.32. The number of nitrogens with one attached hydrogen (secondary N) is 1. The van der Waals surface area contributed by atoms with Crippen LogP contribution in [0.15, 0.2) is 23.1 Å². The first-order chi connectivity index (χ1) is 9.26. The second kappa shape index (κ2) is 5.37. The Balaban J connectivity index is 2.29. The molecule has 1 aliphatic heterocycles. The van der Waals surface area contributed by atoms with Gasteiger partial charge in [-0.05, 0) is 50.6 Å². The number of sulfone groups is 1. The van der Waals surface area contributed by atoms with Crippen LogP contribution in [0.5, 0.6) is 0 Å². The summed E-state index contributed by atoms with van der Waals surface area (Å²) in [6.45, 7) is 0.691. The van der Waals surface area contributed by atoms with Crippen LogP contribution in [-0.2, 0) is 22.4 Å². The van der Waals surface area contributed by atoms with Gasteiger partial charge >= 0.3 is 6.18 Å². The van der Waals surface area contributed by atoms with Gasteiger partial charge in [0, 0.05) is 0 Å². The van der Waals surface area contributed by atoms with Gasteiger partial charge in [-0.15, -0.1) is 0 Å². The molecule has 0 saturated heterocycles. The molecular weight excluding hydrogens is 291 g/mol. The largest absolute Gasteiger partial charge is 0.416 e. The van der Waals surface area contributed by atoms with Gasteiger partial charge in [0.05, 0.1) is 15.7 Å². The van der Waals surface area contributed by atoms with Crippen LogP contribution in [-0.4, -0.2) is 27.3 Å². The molecule has 1 unspecified atom stereocenters. The predicted molar refractivity (Wildman–Crippen MR) is 69.3 cm³/mol. The fourth-order valence-electron chi connectivity index (χ4n) is 2.46. The summed E-state index contributed by atoms with van der Waals surface area (Å²) < 4.78 is 62.5. The van der Waals surface area contributed by atoms with E-state index in [1.54, 1.807) is 7.05 Å². The van der Waals surface area contributed by atoms with Crippen LogP contribution in [0.25, 0.3) is 0 Å². The first-order valence-electron chi connectivity index (χ1n) is 6.35. The van der Waals surface area contributed by atoms with E-state index in [-0.39, 0.29) is 4.90 Å². The van der Waals surface area contributed by atoms with Gasteiger partial charge in [0.2, 0.25) is 0 Å². The SMILES string of the molecule is CNCCCC1Cc2ccc(C(F)(F)F)cc2S1(=O)=O. The zero-order valence-electron chi connectivity index (χ0n) is 11.0. The Kier molecular flexibility index (Phi) is 4.11. The zero-order chi connectivity index (χ0) is 15.0. The monoisotopic (exact) mass is 307 g/mol. The molecule has 1 heterocycles. The maximum Gasteiger partial charge on any atom is 0.416 e. The quantitative estimate of drug-likeness (QED) is 0.869. The van der Waals surface area contributed by atoms with E-state index >= 15 is 0 Å². The highest BCUT2D eigenvalue weighted by molar-refractivity contribution is 7.92. The normalized spacial score (nSPS) is 20.9. The molecule has 2 rings (SSSR count). The molecule has 0 aromatic heterocycles. The van der Waals surface area contributed by atoms with E-state index in [0.717, 1.165) is 12.1 Å². The first-order valence-corrected chi connectivity index (χ1v) is 7.90. The summed E-state index contributed by atoms with van der Waals surface area (Å²) >= 11 is 0. The maximum absolute atomic E-state index is 12.7. The minimum Gasteiger partial charge on any atom is -0.320 e. The lowest BCUT2D eigenvalue weighted by Crippen LogP contribution is -2.19. The molecule has 0 fully saturated rings. The van der Waals surface area contributed by atoms with Gasteiger partial charge in [-0.25, -0.2) is 8.42 Å². The third kappa shape index (κ3) is 2.83. The third-order valence-corrected chi connectivity index (χ3v) is 5.81. The number of fused-ring (bicyclic) bond motifs is 1. The number of hydrogen-bond acceptors (Lipinski definition) is 3. The Morgan fingerprint density at radius 2 is 2.05 bits per heavy atom. The van der Waals surface area contributed by atoms with Crippen LogP contribution in [0.3, 0.4) is 0 Å². The average Bonchev–Trinajstić information content (AvgIpc) is 2.60. The molecule has 0 spiro atoms. The summed E-state index contributed by atoms with van der Waals surface area (Å²) in [6.07, 6.45) is -3.08. The Morgan fingerprint density at radius 3 is 2.65 bits per heavy atom. The average molecular weight is 307 g/mol. The van der Waals surface area contributed by atoms with Crippen molar-refractivity contribution in [3.8, 4) is 0 Å². The van der Waals surface area contributed by atoms with Crippen LogP contribution in [0.1, 0.15) is 24.0 Å². The van der Waals surface area contributed by atoms with Gasteiger partial charge < -0.3 is 5.32 Å². The van der Waals surface area contributed by atoms with Crippen LogP contribution in [0.2, 0.25) is 0 Å². The summed E-state index contributed by atoms with van der Waals surface area (Å²) in [7, 11) is -1.87. The van der Waals surface area contributed by atoms with Gasteiger partial charge in [0.25, 0.3) is 0 Å². The molecule has 3 nitrogen and oxygen atoms in total. The maximum atomic E-state index is 12.7. The van der Waals surface area contributed by atoms with E-state index in [2.05, 4.69) is 5.32 Å². The molecule has 1 atom stereocenters. The molecule has 1 aromatic rings. The molecular formula is C13H16F3NO2S. The van der Waals surface area contributed by atoms with E-state index < -0.39 is 26.8 Å². The highest BCUT2D eigenvalue weighted by Gasteiger charge is 2.39.